The summed E-state index contributed by atoms with van der Waals surface area (Å²) in [5.41, 5.74) is 1.10. The Morgan fingerprint density at radius 2 is 1.75 bits per heavy atom. The first-order chi connectivity index (χ1) is 9.59. The van der Waals surface area contributed by atoms with Gasteiger partial charge in [-0.05, 0) is 29.5 Å². The number of fused-ring (bicyclic) bond motifs is 1. The molecule has 0 atom stereocenters. The molecule has 0 spiro atoms. The van der Waals surface area contributed by atoms with Crippen LogP contribution in [-0.4, -0.2) is 22.2 Å². The Morgan fingerprint density at radius 3 is 2.55 bits per heavy atom. The van der Waals surface area contributed by atoms with Gasteiger partial charge in [0.25, 0.3) is 0 Å². The summed E-state index contributed by atoms with van der Waals surface area (Å²) in [6.45, 7) is 0. The highest BCUT2D eigenvalue weighted by Gasteiger charge is 2.18. The molecule has 0 amide bonds. The van der Waals surface area contributed by atoms with Gasteiger partial charge in [0, 0.05) is 7.05 Å². The molecule has 0 saturated carbocycles. The van der Waals surface area contributed by atoms with Gasteiger partial charge in [0.15, 0.2) is 17.5 Å². The average molecular weight is 278 g/mol. The van der Waals surface area contributed by atoms with Crippen LogP contribution in [-0.2, 0) is 0 Å². The molecule has 1 heterocycles. The normalized spacial score (nSPS) is 11.0. The lowest BCUT2D eigenvalue weighted by Gasteiger charge is -2.19. The predicted octanol–water partition coefficient (Wildman–Crippen LogP) is 2.75. The molecular weight excluding hydrogens is 269 g/mol. The molecule has 0 bridgehead atoms. The molecule has 2 aromatic carbocycles. The van der Waals surface area contributed by atoms with E-state index < -0.39 is 17.5 Å². The van der Waals surface area contributed by atoms with Gasteiger partial charge in [-0.3, -0.25) is 5.01 Å². The molecule has 0 fully saturated rings. The molecule has 4 nitrogen and oxygen atoms in total. The summed E-state index contributed by atoms with van der Waals surface area (Å²) in [7, 11) is 1.48. The van der Waals surface area contributed by atoms with Crippen molar-refractivity contribution in [1.29, 1.82) is 0 Å². The average Bonchev–Trinajstić information content (AvgIpc) is 2.88. The minimum absolute atomic E-state index is 0.139. The van der Waals surface area contributed by atoms with Crippen molar-refractivity contribution in [2.45, 2.75) is 0 Å². The van der Waals surface area contributed by atoms with Crippen LogP contribution in [0.5, 0.6) is 0 Å². The second-order valence-corrected chi connectivity index (χ2v) is 4.19. The van der Waals surface area contributed by atoms with Crippen molar-refractivity contribution in [3.63, 3.8) is 0 Å². The summed E-state index contributed by atoms with van der Waals surface area (Å²) in [6, 6.07) is 9.06. The summed E-state index contributed by atoms with van der Waals surface area (Å²) in [6.07, 6.45) is 0. The zero-order chi connectivity index (χ0) is 14.3. The van der Waals surface area contributed by atoms with Crippen LogP contribution in [0.15, 0.2) is 36.4 Å². The molecule has 0 aliphatic rings. The van der Waals surface area contributed by atoms with E-state index in [0.29, 0.717) is 11.0 Å². The molecule has 102 valence electrons. The second-order valence-electron chi connectivity index (χ2n) is 4.19. The minimum Gasteiger partial charge on any atom is -0.263 e. The summed E-state index contributed by atoms with van der Waals surface area (Å²) in [4.78, 5) is 1.31. The molecule has 3 rings (SSSR count). The Kier molecular flexibility index (Phi) is 2.81. The maximum Gasteiger partial charge on any atom is 0.196 e. The van der Waals surface area contributed by atoms with Crippen LogP contribution in [0, 0.1) is 17.5 Å². The number of anilines is 1. The molecular formula is C13H9F3N4. The first-order valence-electron chi connectivity index (χ1n) is 5.77. The fraction of sp³-hybridized carbons (Fsp3) is 0.0769. The van der Waals surface area contributed by atoms with Crippen molar-refractivity contribution in [3.05, 3.63) is 53.8 Å². The van der Waals surface area contributed by atoms with Crippen LogP contribution >= 0.6 is 0 Å². The number of aromatic nitrogens is 3. The van der Waals surface area contributed by atoms with Gasteiger partial charge >= 0.3 is 0 Å². The Labute approximate surface area is 112 Å². The Hall–Kier alpha value is -2.57. The number of para-hydroxylation sites is 1. The molecule has 0 unspecified atom stereocenters. The first-order valence-corrected chi connectivity index (χ1v) is 5.77. The van der Waals surface area contributed by atoms with Crippen LogP contribution in [0.25, 0.3) is 11.0 Å². The van der Waals surface area contributed by atoms with E-state index in [0.717, 1.165) is 12.1 Å². The van der Waals surface area contributed by atoms with Gasteiger partial charge in [-0.25, -0.2) is 13.2 Å². The Balaban J connectivity index is 2.13. The number of halogens is 3. The lowest BCUT2D eigenvalue weighted by Crippen LogP contribution is -2.27. The third-order valence-electron chi connectivity index (χ3n) is 2.98. The van der Waals surface area contributed by atoms with E-state index in [4.69, 9.17) is 0 Å². The number of hydrogen-bond donors (Lipinski definition) is 0. The largest absolute Gasteiger partial charge is 0.263 e. The minimum atomic E-state index is -1.52. The molecule has 0 radical (unpaired) electrons. The van der Waals surface area contributed by atoms with Crippen LogP contribution < -0.4 is 5.01 Å². The fourth-order valence-corrected chi connectivity index (χ4v) is 1.95. The fourth-order valence-electron chi connectivity index (χ4n) is 1.95. The standard InChI is InChI=1S/C13H9F3N4/c1-19(11-7-6-8(14)12(15)13(11)16)20-10-5-3-2-4-9(10)17-18-20/h2-7H,1H3. The van der Waals surface area contributed by atoms with Crippen LogP contribution in [0.3, 0.4) is 0 Å². The summed E-state index contributed by atoms with van der Waals surface area (Å²) in [5, 5.41) is 9.05. The van der Waals surface area contributed by atoms with Gasteiger partial charge < -0.3 is 0 Å². The van der Waals surface area contributed by atoms with E-state index in [1.165, 1.54) is 16.8 Å². The Bertz CT molecular complexity index is 784. The van der Waals surface area contributed by atoms with Crippen molar-refractivity contribution >= 4 is 16.7 Å². The smallest absolute Gasteiger partial charge is 0.196 e. The van der Waals surface area contributed by atoms with E-state index >= 15 is 0 Å². The number of hydrogen-bond acceptors (Lipinski definition) is 3. The Morgan fingerprint density at radius 1 is 1.00 bits per heavy atom. The van der Waals surface area contributed by atoms with E-state index in [-0.39, 0.29) is 5.69 Å². The molecule has 0 aliphatic heterocycles. The van der Waals surface area contributed by atoms with Gasteiger partial charge in [-0.1, -0.05) is 12.1 Å². The maximum absolute atomic E-state index is 13.8. The van der Waals surface area contributed by atoms with Gasteiger partial charge in [-0.15, -0.1) is 5.10 Å². The molecule has 0 saturated heterocycles. The van der Waals surface area contributed by atoms with Crippen molar-refractivity contribution in [2.75, 3.05) is 12.1 Å². The first kappa shape index (κ1) is 12.5. The number of benzene rings is 2. The number of nitrogens with zero attached hydrogens (tertiary/aromatic N) is 4. The molecule has 0 aliphatic carbocycles. The second kappa shape index (κ2) is 4.52. The monoisotopic (exact) mass is 278 g/mol. The lowest BCUT2D eigenvalue weighted by molar-refractivity contribution is 0.444. The van der Waals surface area contributed by atoms with Gasteiger partial charge in [-0.2, -0.15) is 4.79 Å². The summed E-state index contributed by atoms with van der Waals surface area (Å²) < 4.78 is 40.0. The van der Waals surface area contributed by atoms with E-state index in [1.54, 1.807) is 24.3 Å². The van der Waals surface area contributed by atoms with Gasteiger partial charge in [0.05, 0.1) is 5.69 Å². The summed E-state index contributed by atoms with van der Waals surface area (Å²) >= 11 is 0. The molecule has 3 aromatic rings. The SMILES string of the molecule is CN(c1ccc(F)c(F)c1F)n1nnc2ccccc21. The molecule has 7 heteroatoms. The highest BCUT2D eigenvalue weighted by atomic mass is 19.2. The topological polar surface area (TPSA) is 34.0 Å². The third-order valence-corrected chi connectivity index (χ3v) is 2.98. The van der Waals surface area contributed by atoms with Gasteiger partial charge in [0.2, 0.25) is 0 Å². The van der Waals surface area contributed by atoms with Crippen LogP contribution in [0.4, 0.5) is 18.9 Å². The van der Waals surface area contributed by atoms with Crippen molar-refractivity contribution in [2.24, 2.45) is 0 Å². The van der Waals surface area contributed by atoms with E-state index in [9.17, 15) is 13.2 Å². The van der Waals surface area contributed by atoms with Crippen molar-refractivity contribution in [1.82, 2.24) is 15.1 Å². The summed E-state index contributed by atoms with van der Waals surface area (Å²) in [5.74, 6) is -4.02. The molecule has 0 N–H and O–H groups in total. The van der Waals surface area contributed by atoms with Crippen LogP contribution in [0.2, 0.25) is 0 Å². The number of rotatable bonds is 2. The predicted molar refractivity (Wildman–Crippen MR) is 67.6 cm³/mol. The highest BCUT2D eigenvalue weighted by Crippen LogP contribution is 2.24. The zero-order valence-electron chi connectivity index (χ0n) is 10.4. The maximum atomic E-state index is 13.8. The van der Waals surface area contributed by atoms with Crippen molar-refractivity contribution in [3.8, 4) is 0 Å². The van der Waals surface area contributed by atoms with Crippen LogP contribution in [0.1, 0.15) is 0 Å². The highest BCUT2D eigenvalue weighted by molar-refractivity contribution is 5.74. The molecule has 1 aromatic heterocycles. The van der Waals surface area contributed by atoms with E-state index in [1.807, 2.05) is 0 Å². The van der Waals surface area contributed by atoms with Crippen molar-refractivity contribution < 1.29 is 13.2 Å². The lowest BCUT2D eigenvalue weighted by atomic mass is 10.2. The van der Waals surface area contributed by atoms with E-state index in [2.05, 4.69) is 10.3 Å². The third kappa shape index (κ3) is 1.78. The molecule has 20 heavy (non-hydrogen) atoms. The zero-order valence-corrected chi connectivity index (χ0v) is 10.4. The van der Waals surface area contributed by atoms with Gasteiger partial charge in [0.1, 0.15) is 11.0 Å². The quantitative estimate of drug-likeness (QED) is 0.676.